The zero-order chi connectivity index (χ0) is 3.58. The highest BCUT2D eigenvalue weighted by Gasteiger charge is 1.60. The van der Waals surface area contributed by atoms with Gasteiger partial charge in [-0.15, -0.1) is 12.4 Å². The average molecular weight is 153 g/mol. The lowest BCUT2D eigenvalue weighted by atomic mass is 11.3. The molecule has 0 heterocycles. The van der Waals surface area contributed by atoms with Gasteiger partial charge in [0.1, 0.15) is 0 Å². The molecule has 0 radical (unpaired) electrons. The van der Waals surface area contributed by atoms with Gasteiger partial charge < -0.3 is 0 Å². The van der Waals surface area contributed by atoms with E-state index < -0.39 is 0 Å². The summed E-state index contributed by atoms with van der Waals surface area (Å²) in [6, 6.07) is 0. The first-order chi connectivity index (χ1) is 1.73. The Morgan fingerprint density at radius 2 is 1.33 bits per heavy atom. The van der Waals surface area contributed by atoms with Gasteiger partial charge in [-0.1, -0.05) is 29.8 Å². The largest absolute Gasteiger partial charge is 0.269 e. The molecule has 0 aromatic rings. The quantitative estimate of drug-likeness (QED) is 0.502. The zero-order valence-electron chi connectivity index (χ0n) is 2.78. The van der Waals surface area contributed by atoms with Crippen LogP contribution in [0.4, 0.5) is 4.70 Å². The fraction of sp³-hybridized carbons (Fsp3) is 0. The third-order valence-corrected chi connectivity index (χ3v) is 0. The smallest absolute Gasteiger partial charge is 0.0992 e. The second-order valence-corrected chi connectivity index (χ2v) is 1.44. The number of hydrogen-bond donors (Lipinski definition) is 0. The molecule has 0 aliphatic heterocycles. The summed E-state index contributed by atoms with van der Waals surface area (Å²) in [5.41, 5.74) is 0. The molecule has 0 atom stereocenters. The van der Waals surface area contributed by atoms with Crippen LogP contribution in [0.5, 0.6) is 0 Å². The van der Waals surface area contributed by atoms with Crippen molar-refractivity contribution in [3.63, 3.8) is 0 Å². The predicted octanol–water partition coefficient (Wildman–Crippen LogP) is 2.51. The van der Waals surface area contributed by atoms with Crippen molar-refractivity contribution in [1.29, 1.82) is 0 Å². The highest BCUT2D eigenvalue weighted by atomic mass is 35.5. The standard InChI is InChI=1S/C2H2Cl2.ClH.FH/c1-2(3)4;;/h1H2;2*1H. The molecule has 0 aliphatic carbocycles. The summed E-state index contributed by atoms with van der Waals surface area (Å²) in [5, 5.41) is 0. The Labute approximate surface area is 51.9 Å². The van der Waals surface area contributed by atoms with Crippen LogP contribution in [0.2, 0.25) is 0 Å². The molecule has 40 valence electrons. The molecule has 0 aromatic heterocycles. The van der Waals surface area contributed by atoms with Crippen molar-refractivity contribution >= 4 is 35.6 Å². The van der Waals surface area contributed by atoms with E-state index in [9.17, 15) is 0 Å². The summed E-state index contributed by atoms with van der Waals surface area (Å²) in [4.78, 5) is 0. The zero-order valence-corrected chi connectivity index (χ0v) is 5.11. The molecule has 0 N–H and O–H groups in total. The van der Waals surface area contributed by atoms with E-state index in [1.807, 2.05) is 0 Å². The van der Waals surface area contributed by atoms with Gasteiger partial charge in [0.2, 0.25) is 0 Å². The van der Waals surface area contributed by atoms with E-state index in [2.05, 4.69) is 6.58 Å². The van der Waals surface area contributed by atoms with Crippen molar-refractivity contribution in [3.05, 3.63) is 11.1 Å². The van der Waals surface area contributed by atoms with E-state index >= 15 is 0 Å². The van der Waals surface area contributed by atoms with E-state index in [1.54, 1.807) is 0 Å². The Balaban J connectivity index is -0.0000000450. The maximum absolute atomic E-state index is 4.85. The second-order valence-electron chi connectivity index (χ2n) is 0.339. The molecule has 0 unspecified atom stereocenters. The first kappa shape index (κ1) is 16.0. The fourth-order valence-corrected chi connectivity index (χ4v) is 0. The molecule has 0 saturated heterocycles. The molecule has 0 nitrogen and oxygen atoms in total. The lowest BCUT2D eigenvalue weighted by Crippen LogP contribution is -1.24. The van der Waals surface area contributed by atoms with Gasteiger partial charge in [0.05, 0.1) is 4.49 Å². The highest BCUT2D eigenvalue weighted by molar-refractivity contribution is 6.55. The molecule has 0 saturated carbocycles. The molecule has 0 aliphatic rings. The average Bonchev–Trinajstić information content (AvgIpc) is 0.811. The molecule has 0 bridgehead atoms. The van der Waals surface area contributed by atoms with Gasteiger partial charge in [0.15, 0.2) is 0 Å². The summed E-state index contributed by atoms with van der Waals surface area (Å²) < 4.78 is 0.111. The molecule has 0 amide bonds. The minimum atomic E-state index is 0. The number of rotatable bonds is 0. The van der Waals surface area contributed by atoms with Crippen LogP contribution in [0.3, 0.4) is 0 Å². The van der Waals surface area contributed by atoms with Crippen LogP contribution in [0.25, 0.3) is 0 Å². The normalized spacial score (nSPS) is 4.33. The molecule has 0 fully saturated rings. The van der Waals surface area contributed by atoms with Crippen molar-refractivity contribution in [2.75, 3.05) is 0 Å². The number of hydrogen-bond acceptors (Lipinski definition) is 0. The van der Waals surface area contributed by atoms with Crippen LogP contribution in [0.15, 0.2) is 11.1 Å². The summed E-state index contributed by atoms with van der Waals surface area (Å²) in [6.45, 7) is 3.09. The molecular weight excluding hydrogens is 149 g/mol. The van der Waals surface area contributed by atoms with Crippen LogP contribution in [-0.2, 0) is 0 Å². The molecule has 4 heteroatoms. The first-order valence-corrected chi connectivity index (χ1v) is 1.49. The second kappa shape index (κ2) is 9.11. The Bertz CT molecular complexity index is 31.8. The summed E-state index contributed by atoms with van der Waals surface area (Å²) in [6.07, 6.45) is 0. The summed E-state index contributed by atoms with van der Waals surface area (Å²) in [7, 11) is 0. The van der Waals surface area contributed by atoms with Crippen LogP contribution in [0.1, 0.15) is 0 Å². The van der Waals surface area contributed by atoms with Crippen LogP contribution in [0, 0.1) is 0 Å². The van der Waals surface area contributed by atoms with Gasteiger partial charge in [0, 0.05) is 0 Å². The third-order valence-electron chi connectivity index (χ3n) is 0. The summed E-state index contributed by atoms with van der Waals surface area (Å²) >= 11 is 9.69. The van der Waals surface area contributed by atoms with E-state index in [1.165, 1.54) is 0 Å². The minimum Gasteiger partial charge on any atom is -0.269 e. The van der Waals surface area contributed by atoms with Crippen molar-refractivity contribution in [2.45, 2.75) is 0 Å². The van der Waals surface area contributed by atoms with Gasteiger partial charge in [-0.05, 0) is 0 Å². The van der Waals surface area contributed by atoms with Gasteiger partial charge in [-0.3, -0.25) is 4.70 Å². The molecule has 6 heavy (non-hydrogen) atoms. The topological polar surface area (TPSA) is 0 Å². The maximum Gasteiger partial charge on any atom is 0.0992 e. The Kier molecular flexibility index (Phi) is 24.3. The van der Waals surface area contributed by atoms with Crippen LogP contribution < -0.4 is 0 Å². The van der Waals surface area contributed by atoms with Gasteiger partial charge in [0.25, 0.3) is 0 Å². The van der Waals surface area contributed by atoms with E-state index in [0.29, 0.717) is 0 Å². The monoisotopic (exact) mass is 152 g/mol. The van der Waals surface area contributed by atoms with Crippen molar-refractivity contribution < 1.29 is 4.70 Å². The SMILES string of the molecule is C=C(Cl)Cl.Cl.F. The molecule has 0 aromatic carbocycles. The van der Waals surface area contributed by atoms with E-state index in [0.717, 1.165) is 0 Å². The predicted molar refractivity (Wildman–Crippen MR) is 30.6 cm³/mol. The van der Waals surface area contributed by atoms with Crippen molar-refractivity contribution in [2.24, 2.45) is 0 Å². The van der Waals surface area contributed by atoms with Crippen molar-refractivity contribution in [1.82, 2.24) is 0 Å². The van der Waals surface area contributed by atoms with Gasteiger partial charge in [-0.25, -0.2) is 0 Å². The maximum atomic E-state index is 4.85. The van der Waals surface area contributed by atoms with Crippen molar-refractivity contribution in [3.8, 4) is 0 Å². The third kappa shape index (κ3) is 195. The Hall–Kier alpha value is 0.540. The molecule has 0 spiro atoms. The van der Waals surface area contributed by atoms with Gasteiger partial charge >= 0.3 is 0 Å². The van der Waals surface area contributed by atoms with Crippen LogP contribution >= 0.6 is 35.6 Å². The lowest BCUT2D eigenvalue weighted by molar-refractivity contribution is 1.11. The van der Waals surface area contributed by atoms with E-state index in [4.69, 9.17) is 23.2 Å². The summed E-state index contributed by atoms with van der Waals surface area (Å²) in [5.74, 6) is 0. The lowest BCUT2D eigenvalue weighted by Gasteiger charge is -1.57. The van der Waals surface area contributed by atoms with Gasteiger partial charge in [-0.2, -0.15) is 0 Å². The van der Waals surface area contributed by atoms with E-state index in [-0.39, 0.29) is 21.6 Å². The van der Waals surface area contributed by atoms with Crippen LogP contribution in [-0.4, -0.2) is 0 Å². The first-order valence-electron chi connectivity index (χ1n) is 0.732. The fourth-order valence-electron chi connectivity index (χ4n) is 0. The number of halogens is 4. The molecule has 0 rings (SSSR count). The molecular formula is C2H4Cl3F. The Morgan fingerprint density at radius 3 is 1.33 bits per heavy atom. The minimum absolute atomic E-state index is 0. The highest BCUT2D eigenvalue weighted by Crippen LogP contribution is 1.98. The Morgan fingerprint density at radius 1 is 1.33 bits per heavy atom.